The van der Waals surface area contributed by atoms with Gasteiger partial charge < -0.3 is 5.73 Å². The molecule has 0 radical (unpaired) electrons. The molecular weight excluding hydrogens is 322 g/mol. The van der Waals surface area contributed by atoms with Gasteiger partial charge in [-0.2, -0.15) is 0 Å². The average molecular weight is 354 g/mol. The minimum absolute atomic E-state index is 0.0581. The fraction of sp³-hybridized carbons (Fsp3) is 0.636. The lowest BCUT2D eigenvalue weighted by atomic mass is 9.70. The standard InChI is InChI=1S/C22H31N3O/c1-25-20(26)22(24-21(25)23,18-12-6-3-7-13-18)19-14-8-11-17(15-19)16-9-4-2-5-10-16/h8,11,14-16,18H,2-7,9-10,12-13H2,1H3,(H2,23,24). The Hall–Kier alpha value is -1.84. The number of nitrogens with two attached hydrogens (primary N) is 1. The monoisotopic (exact) mass is 353 g/mol. The first-order chi connectivity index (χ1) is 12.6. The Labute approximate surface area is 156 Å². The Bertz CT molecular complexity index is 701. The van der Waals surface area contributed by atoms with Gasteiger partial charge in [0.2, 0.25) is 0 Å². The molecule has 2 fully saturated rings. The Morgan fingerprint density at radius 3 is 2.31 bits per heavy atom. The molecule has 1 amide bonds. The van der Waals surface area contributed by atoms with E-state index in [-0.39, 0.29) is 11.8 Å². The van der Waals surface area contributed by atoms with Crippen molar-refractivity contribution in [3.63, 3.8) is 0 Å². The lowest BCUT2D eigenvalue weighted by Crippen LogP contribution is -2.45. The number of aliphatic imine (C=N–C) groups is 1. The molecule has 1 aromatic carbocycles. The zero-order valence-corrected chi connectivity index (χ0v) is 15.9. The zero-order chi connectivity index (χ0) is 18.1. The molecule has 2 aliphatic carbocycles. The highest BCUT2D eigenvalue weighted by atomic mass is 16.2. The van der Waals surface area contributed by atoms with Crippen molar-refractivity contribution in [3.8, 4) is 0 Å². The Morgan fingerprint density at radius 1 is 1.04 bits per heavy atom. The maximum absolute atomic E-state index is 13.4. The van der Waals surface area contributed by atoms with E-state index in [2.05, 4.69) is 24.3 Å². The van der Waals surface area contributed by atoms with Crippen LogP contribution in [-0.2, 0) is 10.3 Å². The van der Waals surface area contributed by atoms with Crippen molar-refractivity contribution < 1.29 is 4.79 Å². The first kappa shape index (κ1) is 17.6. The maximum atomic E-state index is 13.4. The predicted octanol–water partition coefficient (Wildman–Crippen LogP) is 4.30. The lowest BCUT2D eigenvalue weighted by molar-refractivity contribution is -0.133. The van der Waals surface area contributed by atoms with Gasteiger partial charge >= 0.3 is 0 Å². The van der Waals surface area contributed by atoms with E-state index in [1.165, 1.54) is 56.9 Å². The molecule has 4 rings (SSSR count). The quantitative estimate of drug-likeness (QED) is 0.881. The van der Waals surface area contributed by atoms with Crippen LogP contribution in [0.25, 0.3) is 0 Å². The highest BCUT2D eigenvalue weighted by Crippen LogP contribution is 2.46. The smallest absolute Gasteiger partial charge is 0.261 e. The number of guanidine groups is 1. The van der Waals surface area contributed by atoms with Crippen LogP contribution in [0.15, 0.2) is 29.3 Å². The molecule has 4 heteroatoms. The molecule has 26 heavy (non-hydrogen) atoms. The molecule has 0 saturated heterocycles. The number of likely N-dealkylation sites (N-methyl/N-ethyl adjacent to an activating group) is 1. The molecule has 1 aromatic rings. The highest BCUT2D eigenvalue weighted by Gasteiger charge is 2.53. The van der Waals surface area contributed by atoms with Crippen molar-refractivity contribution in [2.45, 2.75) is 75.7 Å². The van der Waals surface area contributed by atoms with Gasteiger partial charge in [0.05, 0.1) is 0 Å². The van der Waals surface area contributed by atoms with Crippen molar-refractivity contribution in [3.05, 3.63) is 35.4 Å². The molecule has 0 aromatic heterocycles. The fourth-order valence-corrected chi connectivity index (χ4v) is 5.34. The van der Waals surface area contributed by atoms with Crippen LogP contribution in [-0.4, -0.2) is 23.8 Å². The molecule has 2 saturated carbocycles. The second-order valence-electron chi connectivity index (χ2n) is 8.40. The summed E-state index contributed by atoms with van der Waals surface area (Å²) in [7, 11) is 1.76. The van der Waals surface area contributed by atoms with Gasteiger partial charge in [0.1, 0.15) is 0 Å². The van der Waals surface area contributed by atoms with Crippen molar-refractivity contribution >= 4 is 11.9 Å². The van der Waals surface area contributed by atoms with E-state index in [1.807, 2.05) is 0 Å². The van der Waals surface area contributed by atoms with Gasteiger partial charge in [-0.3, -0.25) is 9.69 Å². The second kappa shape index (κ2) is 7.05. The van der Waals surface area contributed by atoms with E-state index in [4.69, 9.17) is 10.7 Å². The minimum atomic E-state index is -0.802. The molecule has 140 valence electrons. The van der Waals surface area contributed by atoms with E-state index < -0.39 is 5.54 Å². The molecule has 1 heterocycles. The molecule has 2 N–H and O–H groups in total. The first-order valence-corrected chi connectivity index (χ1v) is 10.4. The number of hydrogen-bond donors (Lipinski definition) is 1. The first-order valence-electron chi connectivity index (χ1n) is 10.4. The lowest BCUT2D eigenvalue weighted by Gasteiger charge is -2.36. The topological polar surface area (TPSA) is 58.7 Å². The van der Waals surface area contributed by atoms with E-state index >= 15 is 0 Å². The van der Waals surface area contributed by atoms with E-state index in [1.54, 1.807) is 11.9 Å². The summed E-state index contributed by atoms with van der Waals surface area (Å²) >= 11 is 0. The third-order valence-corrected chi connectivity index (χ3v) is 6.86. The van der Waals surface area contributed by atoms with Gasteiger partial charge in [-0.05, 0) is 48.6 Å². The number of amides is 1. The maximum Gasteiger partial charge on any atom is 0.261 e. The molecule has 4 nitrogen and oxygen atoms in total. The Kier molecular flexibility index (Phi) is 4.76. The zero-order valence-electron chi connectivity index (χ0n) is 15.9. The van der Waals surface area contributed by atoms with Crippen molar-refractivity contribution in [1.82, 2.24) is 4.90 Å². The third-order valence-electron chi connectivity index (χ3n) is 6.86. The summed E-state index contributed by atoms with van der Waals surface area (Å²) in [6, 6.07) is 8.75. The number of benzene rings is 1. The number of carbonyl (C=O) groups excluding carboxylic acids is 1. The normalized spacial score (nSPS) is 28.4. The molecule has 0 bridgehead atoms. The Balaban J connectivity index is 1.76. The van der Waals surface area contributed by atoms with Gasteiger partial charge in [-0.15, -0.1) is 0 Å². The molecule has 1 atom stereocenters. The van der Waals surface area contributed by atoms with Crippen molar-refractivity contribution in [2.24, 2.45) is 16.6 Å². The van der Waals surface area contributed by atoms with E-state index in [0.717, 1.165) is 18.4 Å². The summed E-state index contributed by atoms with van der Waals surface area (Å²) in [6.07, 6.45) is 12.3. The molecular formula is C22H31N3O. The molecule has 0 spiro atoms. The summed E-state index contributed by atoms with van der Waals surface area (Å²) in [5, 5.41) is 0. The van der Waals surface area contributed by atoms with Crippen LogP contribution >= 0.6 is 0 Å². The average Bonchev–Trinajstić information content (AvgIpc) is 2.94. The van der Waals surface area contributed by atoms with Crippen LogP contribution < -0.4 is 5.73 Å². The summed E-state index contributed by atoms with van der Waals surface area (Å²) in [5.74, 6) is 1.31. The fourth-order valence-electron chi connectivity index (χ4n) is 5.34. The van der Waals surface area contributed by atoms with Crippen LogP contribution in [0.2, 0.25) is 0 Å². The second-order valence-corrected chi connectivity index (χ2v) is 8.40. The largest absolute Gasteiger partial charge is 0.369 e. The summed E-state index contributed by atoms with van der Waals surface area (Å²) in [5.41, 5.74) is 7.77. The molecule has 1 aliphatic heterocycles. The third kappa shape index (κ3) is 2.83. The summed E-state index contributed by atoms with van der Waals surface area (Å²) < 4.78 is 0. The van der Waals surface area contributed by atoms with E-state index in [9.17, 15) is 4.79 Å². The highest BCUT2D eigenvalue weighted by molar-refractivity contribution is 6.07. The summed E-state index contributed by atoms with van der Waals surface area (Å²) in [4.78, 5) is 19.7. The molecule has 1 unspecified atom stereocenters. The molecule has 3 aliphatic rings. The van der Waals surface area contributed by atoms with Crippen LogP contribution in [0.4, 0.5) is 0 Å². The SMILES string of the molecule is CN1C(=O)C(c2cccc(C3CCCCC3)c2)(C2CCCCC2)N=C1N. The number of nitrogens with zero attached hydrogens (tertiary/aromatic N) is 2. The minimum Gasteiger partial charge on any atom is -0.369 e. The number of rotatable bonds is 3. The predicted molar refractivity (Wildman–Crippen MR) is 105 cm³/mol. The van der Waals surface area contributed by atoms with Crippen molar-refractivity contribution in [1.29, 1.82) is 0 Å². The van der Waals surface area contributed by atoms with Gasteiger partial charge in [0, 0.05) is 7.05 Å². The van der Waals surface area contributed by atoms with Gasteiger partial charge in [0.15, 0.2) is 11.5 Å². The van der Waals surface area contributed by atoms with Gasteiger partial charge in [0.25, 0.3) is 5.91 Å². The van der Waals surface area contributed by atoms with Crippen LogP contribution in [0, 0.1) is 5.92 Å². The van der Waals surface area contributed by atoms with Crippen LogP contribution in [0.3, 0.4) is 0 Å². The number of carbonyl (C=O) groups is 1. The summed E-state index contributed by atoms with van der Waals surface area (Å²) in [6.45, 7) is 0. The van der Waals surface area contributed by atoms with E-state index in [0.29, 0.717) is 11.9 Å². The van der Waals surface area contributed by atoms with Gasteiger partial charge in [-0.25, -0.2) is 4.99 Å². The van der Waals surface area contributed by atoms with Crippen molar-refractivity contribution in [2.75, 3.05) is 7.05 Å². The van der Waals surface area contributed by atoms with Crippen LogP contribution in [0.5, 0.6) is 0 Å². The van der Waals surface area contributed by atoms with Crippen LogP contribution in [0.1, 0.15) is 81.3 Å². The number of hydrogen-bond acceptors (Lipinski definition) is 3. The Morgan fingerprint density at radius 2 is 1.69 bits per heavy atom. The van der Waals surface area contributed by atoms with Gasteiger partial charge in [-0.1, -0.05) is 62.8 Å².